The molecule has 0 aliphatic rings. The molecule has 9 heteroatoms. The first-order valence-electron chi connectivity index (χ1n) is 7.55. The SMILES string of the molecule is CNc1ccc(C(=O)O[C@@H](C)C(=O)Nc2cccc(F)c2)cc1[N+](=O)[O-]. The van der Waals surface area contributed by atoms with Crippen LogP contribution in [0.2, 0.25) is 0 Å². The fourth-order valence-corrected chi connectivity index (χ4v) is 2.11. The van der Waals surface area contributed by atoms with Crippen molar-refractivity contribution in [1.82, 2.24) is 0 Å². The third kappa shape index (κ3) is 4.53. The molecule has 2 aromatic rings. The number of rotatable bonds is 6. The molecule has 0 aliphatic heterocycles. The van der Waals surface area contributed by atoms with E-state index in [9.17, 15) is 24.1 Å². The van der Waals surface area contributed by atoms with E-state index in [-0.39, 0.29) is 22.6 Å². The Balaban J connectivity index is 2.07. The quantitative estimate of drug-likeness (QED) is 0.465. The summed E-state index contributed by atoms with van der Waals surface area (Å²) in [7, 11) is 1.51. The van der Waals surface area contributed by atoms with Crippen molar-refractivity contribution in [1.29, 1.82) is 0 Å². The number of ether oxygens (including phenoxy) is 1. The Kier molecular flexibility index (Phi) is 5.84. The number of nitro benzene ring substituents is 1. The molecule has 0 saturated heterocycles. The monoisotopic (exact) mass is 361 g/mol. The highest BCUT2D eigenvalue weighted by molar-refractivity contribution is 5.97. The second-order valence-corrected chi connectivity index (χ2v) is 5.29. The van der Waals surface area contributed by atoms with E-state index in [1.165, 1.54) is 44.3 Å². The van der Waals surface area contributed by atoms with Crippen LogP contribution < -0.4 is 10.6 Å². The van der Waals surface area contributed by atoms with Crippen LogP contribution in [0, 0.1) is 15.9 Å². The molecule has 0 aromatic heterocycles. The Morgan fingerprint density at radius 2 is 1.96 bits per heavy atom. The molecule has 1 atom stereocenters. The van der Waals surface area contributed by atoms with Crippen molar-refractivity contribution in [2.24, 2.45) is 0 Å². The lowest BCUT2D eigenvalue weighted by Gasteiger charge is -2.14. The number of amides is 1. The van der Waals surface area contributed by atoms with Crippen molar-refractivity contribution in [2.75, 3.05) is 17.7 Å². The molecule has 0 bridgehead atoms. The van der Waals surface area contributed by atoms with Gasteiger partial charge in [-0.1, -0.05) is 6.07 Å². The molecule has 0 fully saturated rings. The highest BCUT2D eigenvalue weighted by Crippen LogP contribution is 2.25. The molecule has 2 N–H and O–H groups in total. The van der Waals surface area contributed by atoms with Gasteiger partial charge in [-0.05, 0) is 37.3 Å². The van der Waals surface area contributed by atoms with Crippen molar-refractivity contribution < 1.29 is 23.6 Å². The number of nitrogens with zero attached hydrogens (tertiary/aromatic N) is 1. The lowest BCUT2D eigenvalue weighted by molar-refractivity contribution is -0.384. The second-order valence-electron chi connectivity index (χ2n) is 5.29. The van der Waals surface area contributed by atoms with E-state index < -0.39 is 28.7 Å². The Bertz CT molecular complexity index is 856. The Hall–Kier alpha value is -3.49. The molecule has 26 heavy (non-hydrogen) atoms. The van der Waals surface area contributed by atoms with Crippen molar-refractivity contribution in [3.05, 3.63) is 64.0 Å². The minimum Gasteiger partial charge on any atom is -0.449 e. The van der Waals surface area contributed by atoms with Crippen LogP contribution in [-0.2, 0) is 9.53 Å². The predicted molar refractivity (Wildman–Crippen MR) is 92.6 cm³/mol. The zero-order chi connectivity index (χ0) is 19.3. The van der Waals surface area contributed by atoms with E-state index in [4.69, 9.17) is 4.74 Å². The number of halogens is 1. The fraction of sp³-hybridized carbons (Fsp3) is 0.176. The Morgan fingerprint density at radius 3 is 2.58 bits per heavy atom. The van der Waals surface area contributed by atoms with E-state index >= 15 is 0 Å². The Labute approximate surface area is 148 Å². The van der Waals surface area contributed by atoms with Gasteiger partial charge in [-0.25, -0.2) is 9.18 Å². The second kappa shape index (κ2) is 8.06. The predicted octanol–water partition coefficient (Wildman–Crippen LogP) is 2.96. The summed E-state index contributed by atoms with van der Waals surface area (Å²) in [6, 6.07) is 9.02. The molecule has 0 radical (unpaired) electrons. The number of nitro groups is 1. The first-order chi connectivity index (χ1) is 12.3. The van der Waals surface area contributed by atoms with Gasteiger partial charge in [-0.2, -0.15) is 0 Å². The summed E-state index contributed by atoms with van der Waals surface area (Å²) in [4.78, 5) is 34.6. The van der Waals surface area contributed by atoms with Gasteiger partial charge in [0, 0.05) is 18.8 Å². The number of hydrogen-bond acceptors (Lipinski definition) is 6. The molecule has 0 aliphatic carbocycles. The summed E-state index contributed by atoms with van der Waals surface area (Å²) < 4.78 is 18.1. The number of nitrogens with one attached hydrogen (secondary N) is 2. The van der Waals surface area contributed by atoms with Crippen LogP contribution in [0.1, 0.15) is 17.3 Å². The maximum Gasteiger partial charge on any atom is 0.339 e. The van der Waals surface area contributed by atoms with Crippen LogP contribution in [0.3, 0.4) is 0 Å². The highest BCUT2D eigenvalue weighted by Gasteiger charge is 2.22. The van der Waals surface area contributed by atoms with Gasteiger partial charge in [0.15, 0.2) is 6.10 Å². The summed E-state index contributed by atoms with van der Waals surface area (Å²) in [6.07, 6.45) is -1.19. The number of carbonyl (C=O) groups excluding carboxylic acids is 2. The van der Waals surface area contributed by atoms with Gasteiger partial charge in [0.05, 0.1) is 10.5 Å². The van der Waals surface area contributed by atoms with E-state index in [0.717, 1.165) is 12.1 Å². The summed E-state index contributed by atoms with van der Waals surface area (Å²) in [6.45, 7) is 1.34. The van der Waals surface area contributed by atoms with E-state index in [2.05, 4.69) is 10.6 Å². The topological polar surface area (TPSA) is 111 Å². The van der Waals surface area contributed by atoms with Crippen molar-refractivity contribution in [2.45, 2.75) is 13.0 Å². The molecular formula is C17H16FN3O5. The zero-order valence-electron chi connectivity index (χ0n) is 14.0. The maximum atomic E-state index is 13.1. The van der Waals surface area contributed by atoms with Crippen molar-refractivity contribution in [3.8, 4) is 0 Å². The third-order valence-electron chi connectivity index (χ3n) is 3.44. The average molecular weight is 361 g/mol. The molecule has 0 unspecified atom stereocenters. The third-order valence-corrected chi connectivity index (χ3v) is 3.44. The van der Waals surface area contributed by atoms with Crippen molar-refractivity contribution >= 4 is 28.9 Å². The van der Waals surface area contributed by atoms with Crippen LogP contribution >= 0.6 is 0 Å². The summed E-state index contributed by atoms with van der Waals surface area (Å²) >= 11 is 0. The highest BCUT2D eigenvalue weighted by atomic mass is 19.1. The van der Waals surface area contributed by atoms with Gasteiger partial charge in [0.1, 0.15) is 11.5 Å². The smallest absolute Gasteiger partial charge is 0.339 e. The van der Waals surface area contributed by atoms with Crippen LogP contribution in [0.15, 0.2) is 42.5 Å². The van der Waals surface area contributed by atoms with Crippen molar-refractivity contribution in [3.63, 3.8) is 0 Å². The molecular weight excluding hydrogens is 345 g/mol. The van der Waals surface area contributed by atoms with Crippen LogP contribution in [0.25, 0.3) is 0 Å². The lowest BCUT2D eigenvalue weighted by atomic mass is 10.1. The molecule has 0 spiro atoms. The van der Waals surface area contributed by atoms with Gasteiger partial charge in [-0.3, -0.25) is 14.9 Å². The van der Waals surface area contributed by atoms with Gasteiger partial charge < -0.3 is 15.4 Å². The fourth-order valence-electron chi connectivity index (χ4n) is 2.11. The maximum absolute atomic E-state index is 13.1. The van der Waals surface area contributed by atoms with Gasteiger partial charge in [-0.15, -0.1) is 0 Å². The molecule has 8 nitrogen and oxygen atoms in total. The normalized spacial score (nSPS) is 11.3. The standard InChI is InChI=1S/C17H16FN3O5/c1-10(16(22)20-13-5-3-4-12(18)9-13)26-17(23)11-6-7-14(19-2)15(8-11)21(24)25/h3-10,19H,1-2H3,(H,20,22)/t10-/m0/s1. The number of esters is 1. The average Bonchev–Trinajstić information content (AvgIpc) is 2.60. The molecule has 0 heterocycles. The molecule has 2 aromatic carbocycles. The summed E-state index contributed by atoms with van der Waals surface area (Å²) in [5, 5.41) is 16.1. The van der Waals surface area contributed by atoms with E-state index in [0.29, 0.717) is 0 Å². The van der Waals surface area contributed by atoms with Crippen LogP contribution in [0.4, 0.5) is 21.5 Å². The van der Waals surface area contributed by atoms with E-state index in [1.54, 1.807) is 0 Å². The molecule has 0 saturated carbocycles. The minimum absolute atomic E-state index is 0.0684. The minimum atomic E-state index is -1.19. The van der Waals surface area contributed by atoms with Gasteiger partial charge in [0.2, 0.25) is 0 Å². The largest absolute Gasteiger partial charge is 0.449 e. The molecule has 2 rings (SSSR count). The zero-order valence-corrected chi connectivity index (χ0v) is 14.0. The van der Waals surface area contributed by atoms with Crippen LogP contribution in [0.5, 0.6) is 0 Å². The summed E-state index contributed by atoms with van der Waals surface area (Å²) in [5.74, 6) is -2.08. The van der Waals surface area contributed by atoms with Gasteiger partial charge >= 0.3 is 5.97 Å². The number of benzene rings is 2. The Morgan fingerprint density at radius 1 is 1.23 bits per heavy atom. The number of carbonyl (C=O) groups is 2. The first-order valence-corrected chi connectivity index (χ1v) is 7.55. The first kappa shape index (κ1) is 18.8. The molecule has 1 amide bonds. The van der Waals surface area contributed by atoms with Crippen LogP contribution in [-0.4, -0.2) is 30.0 Å². The number of hydrogen-bond donors (Lipinski definition) is 2. The number of anilines is 2. The van der Waals surface area contributed by atoms with Gasteiger partial charge in [0.25, 0.3) is 11.6 Å². The molecule has 136 valence electrons. The lowest BCUT2D eigenvalue weighted by Crippen LogP contribution is -2.30. The summed E-state index contributed by atoms with van der Waals surface area (Å²) in [5.41, 5.74) is 0.0928. The van der Waals surface area contributed by atoms with E-state index in [1.807, 2.05) is 0 Å².